The van der Waals surface area contributed by atoms with Gasteiger partial charge >= 0.3 is 0 Å². The topological polar surface area (TPSA) is 93.9 Å². The maximum Gasteiger partial charge on any atom is 0.270 e. The average Bonchev–Trinajstić information content (AvgIpc) is 2.68. The van der Waals surface area contributed by atoms with Gasteiger partial charge in [0.1, 0.15) is 0 Å². The van der Waals surface area contributed by atoms with Gasteiger partial charge in [-0.25, -0.2) is 0 Å². The molecule has 27 heavy (non-hydrogen) atoms. The first-order valence-electron chi connectivity index (χ1n) is 8.59. The van der Waals surface area contributed by atoms with Crippen LogP contribution in [0, 0.1) is 10.1 Å². The molecule has 1 heterocycles. The summed E-state index contributed by atoms with van der Waals surface area (Å²) in [6.45, 7) is 2.79. The predicted molar refractivity (Wildman–Crippen MR) is 101 cm³/mol. The molecule has 0 radical (unpaired) electrons. The van der Waals surface area contributed by atoms with Gasteiger partial charge in [0.15, 0.2) is 0 Å². The number of nitro groups is 1. The van der Waals surface area contributed by atoms with Crippen molar-refractivity contribution in [3.05, 3.63) is 63.7 Å². The Labute approximate surface area is 156 Å². The highest BCUT2D eigenvalue weighted by Crippen LogP contribution is 2.27. The number of ether oxygens (including phenoxy) is 2. The summed E-state index contributed by atoms with van der Waals surface area (Å²) in [5.74, 6) is -0.394. The smallest absolute Gasteiger partial charge is 0.270 e. The lowest BCUT2D eigenvalue weighted by Gasteiger charge is -2.30. The Balaban J connectivity index is 1.90. The number of carbonyl (C=O) groups excluding carboxylic acids is 1. The molecule has 0 atom stereocenters. The van der Waals surface area contributed by atoms with Gasteiger partial charge in [-0.1, -0.05) is 12.1 Å². The van der Waals surface area contributed by atoms with E-state index in [1.54, 1.807) is 19.2 Å². The molecule has 0 aromatic heterocycles. The summed E-state index contributed by atoms with van der Waals surface area (Å²) < 4.78 is 10.5. The highest BCUT2D eigenvalue weighted by atomic mass is 16.6. The van der Waals surface area contributed by atoms with Gasteiger partial charge in [0, 0.05) is 38.0 Å². The monoisotopic (exact) mass is 371 g/mol. The van der Waals surface area contributed by atoms with Gasteiger partial charge in [0.2, 0.25) is 0 Å². The number of non-ortho nitro benzene ring substituents is 1. The molecule has 1 aliphatic rings. The van der Waals surface area contributed by atoms with Gasteiger partial charge < -0.3 is 19.7 Å². The van der Waals surface area contributed by atoms with Crippen LogP contribution in [0.25, 0.3) is 0 Å². The minimum atomic E-state index is -0.501. The zero-order valence-electron chi connectivity index (χ0n) is 15.0. The fourth-order valence-corrected chi connectivity index (χ4v) is 3.00. The molecule has 0 saturated carbocycles. The summed E-state index contributed by atoms with van der Waals surface area (Å²) in [6.07, 6.45) is 0. The van der Waals surface area contributed by atoms with Gasteiger partial charge in [-0.3, -0.25) is 14.9 Å². The van der Waals surface area contributed by atoms with Crippen LogP contribution in [0.2, 0.25) is 0 Å². The van der Waals surface area contributed by atoms with Gasteiger partial charge in [-0.15, -0.1) is 0 Å². The molecule has 1 saturated heterocycles. The Morgan fingerprint density at radius 2 is 2.04 bits per heavy atom. The van der Waals surface area contributed by atoms with Gasteiger partial charge in [-0.05, 0) is 23.8 Å². The molecule has 2 aromatic carbocycles. The molecule has 1 amide bonds. The summed E-state index contributed by atoms with van der Waals surface area (Å²) in [6, 6.07) is 11.7. The van der Waals surface area contributed by atoms with Crippen LogP contribution in [0.4, 0.5) is 17.1 Å². The fraction of sp³-hybridized carbons (Fsp3) is 0.316. The van der Waals surface area contributed by atoms with E-state index in [4.69, 9.17) is 9.47 Å². The summed E-state index contributed by atoms with van der Waals surface area (Å²) in [7, 11) is 1.60. The van der Waals surface area contributed by atoms with Crippen molar-refractivity contribution in [1.29, 1.82) is 0 Å². The van der Waals surface area contributed by atoms with Crippen molar-refractivity contribution in [2.75, 3.05) is 43.6 Å². The van der Waals surface area contributed by atoms with E-state index in [1.807, 2.05) is 23.1 Å². The third-order valence-corrected chi connectivity index (χ3v) is 4.28. The second-order valence-corrected chi connectivity index (χ2v) is 6.15. The number of rotatable bonds is 6. The standard InChI is InChI=1S/C19H21N3O5/c1-26-13-14-3-2-4-15(11-14)20-19(23)17-12-16(22(24)25)5-6-18(17)21-7-9-27-10-8-21/h2-6,11-12H,7-10,13H2,1H3,(H,20,23). The Morgan fingerprint density at radius 1 is 1.26 bits per heavy atom. The molecule has 8 nitrogen and oxygen atoms in total. The lowest BCUT2D eigenvalue weighted by atomic mass is 10.1. The minimum absolute atomic E-state index is 0.120. The van der Waals surface area contributed by atoms with Crippen molar-refractivity contribution in [3.8, 4) is 0 Å². The minimum Gasteiger partial charge on any atom is -0.380 e. The Kier molecular flexibility index (Phi) is 6.00. The lowest BCUT2D eigenvalue weighted by Crippen LogP contribution is -2.37. The molecular formula is C19H21N3O5. The number of nitrogens with one attached hydrogen (secondary N) is 1. The zero-order chi connectivity index (χ0) is 19.2. The van der Waals surface area contributed by atoms with Crippen LogP contribution in [-0.2, 0) is 16.1 Å². The number of morpholine rings is 1. The van der Waals surface area contributed by atoms with E-state index in [-0.39, 0.29) is 11.3 Å². The maximum atomic E-state index is 12.9. The number of carbonyl (C=O) groups is 1. The molecule has 1 fully saturated rings. The Bertz CT molecular complexity index is 834. The molecule has 0 unspecified atom stereocenters. The molecule has 2 aromatic rings. The third-order valence-electron chi connectivity index (χ3n) is 4.28. The quantitative estimate of drug-likeness (QED) is 0.620. The molecule has 142 valence electrons. The third kappa shape index (κ3) is 4.60. The van der Waals surface area contributed by atoms with E-state index < -0.39 is 10.8 Å². The predicted octanol–water partition coefficient (Wildman–Crippen LogP) is 2.83. The zero-order valence-corrected chi connectivity index (χ0v) is 15.0. The van der Waals surface area contributed by atoms with Crippen molar-refractivity contribution in [2.24, 2.45) is 0 Å². The molecule has 1 N–H and O–H groups in total. The Morgan fingerprint density at radius 3 is 2.74 bits per heavy atom. The van der Waals surface area contributed by atoms with E-state index in [1.165, 1.54) is 12.1 Å². The largest absolute Gasteiger partial charge is 0.380 e. The van der Waals surface area contributed by atoms with E-state index in [0.717, 1.165) is 5.56 Å². The molecule has 1 aliphatic heterocycles. The normalized spacial score (nSPS) is 14.0. The van der Waals surface area contributed by atoms with Crippen LogP contribution in [0.5, 0.6) is 0 Å². The SMILES string of the molecule is COCc1cccc(NC(=O)c2cc([N+](=O)[O-])ccc2N2CCOCC2)c1. The van der Waals surface area contributed by atoms with E-state index in [9.17, 15) is 14.9 Å². The molecular weight excluding hydrogens is 350 g/mol. The van der Waals surface area contributed by atoms with Gasteiger partial charge in [-0.2, -0.15) is 0 Å². The van der Waals surface area contributed by atoms with E-state index in [2.05, 4.69) is 5.32 Å². The second-order valence-electron chi connectivity index (χ2n) is 6.15. The highest BCUT2D eigenvalue weighted by molar-refractivity contribution is 6.08. The maximum absolute atomic E-state index is 12.9. The number of nitrogens with zero attached hydrogens (tertiary/aromatic N) is 2. The summed E-state index contributed by atoms with van der Waals surface area (Å²) in [4.78, 5) is 25.6. The number of methoxy groups -OCH3 is 1. The lowest BCUT2D eigenvalue weighted by molar-refractivity contribution is -0.384. The van der Waals surface area contributed by atoms with E-state index >= 15 is 0 Å². The molecule has 3 rings (SSSR count). The first kappa shape index (κ1) is 18.8. The van der Waals surface area contributed by atoms with Crippen LogP contribution in [0.15, 0.2) is 42.5 Å². The fourth-order valence-electron chi connectivity index (χ4n) is 3.00. The molecule has 8 heteroatoms. The second kappa shape index (κ2) is 8.61. The summed E-state index contributed by atoms with van der Waals surface area (Å²) in [5.41, 5.74) is 2.33. The molecule has 0 aliphatic carbocycles. The first-order chi connectivity index (χ1) is 13.1. The first-order valence-corrected chi connectivity index (χ1v) is 8.59. The van der Waals surface area contributed by atoms with Crippen molar-refractivity contribution in [3.63, 3.8) is 0 Å². The van der Waals surface area contributed by atoms with Crippen LogP contribution >= 0.6 is 0 Å². The van der Waals surface area contributed by atoms with Crippen molar-refractivity contribution < 1.29 is 19.2 Å². The van der Waals surface area contributed by atoms with Crippen LogP contribution in [0.3, 0.4) is 0 Å². The van der Waals surface area contributed by atoms with Crippen molar-refractivity contribution in [2.45, 2.75) is 6.61 Å². The van der Waals surface area contributed by atoms with Crippen LogP contribution < -0.4 is 10.2 Å². The summed E-state index contributed by atoms with van der Waals surface area (Å²) in [5, 5.41) is 14.0. The average molecular weight is 371 g/mol. The number of hydrogen-bond acceptors (Lipinski definition) is 6. The molecule has 0 bridgehead atoms. The molecule has 0 spiro atoms. The highest BCUT2D eigenvalue weighted by Gasteiger charge is 2.22. The number of amides is 1. The number of hydrogen-bond donors (Lipinski definition) is 1. The van der Waals surface area contributed by atoms with Crippen LogP contribution in [0.1, 0.15) is 15.9 Å². The van der Waals surface area contributed by atoms with Gasteiger partial charge in [0.05, 0.1) is 36.0 Å². The van der Waals surface area contributed by atoms with Crippen molar-refractivity contribution >= 4 is 23.0 Å². The van der Waals surface area contributed by atoms with Crippen LogP contribution in [-0.4, -0.2) is 44.2 Å². The summed E-state index contributed by atoms with van der Waals surface area (Å²) >= 11 is 0. The van der Waals surface area contributed by atoms with E-state index in [0.29, 0.717) is 44.3 Å². The number of anilines is 2. The van der Waals surface area contributed by atoms with Crippen molar-refractivity contribution in [1.82, 2.24) is 0 Å². The van der Waals surface area contributed by atoms with Gasteiger partial charge in [0.25, 0.3) is 11.6 Å². The Hall–Kier alpha value is -2.97. The number of benzene rings is 2. The number of nitro benzene ring substituents is 1.